The molecule has 28 heavy (non-hydrogen) atoms. The molecule has 0 saturated carbocycles. The van der Waals surface area contributed by atoms with E-state index in [0.717, 1.165) is 12.8 Å². The fourth-order valence-corrected chi connectivity index (χ4v) is 3.37. The number of aromatic nitrogens is 2. The summed E-state index contributed by atoms with van der Waals surface area (Å²) in [5.41, 5.74) is -0.328. The Morgan fingerprint density at radius 3 is 2.11 bits per heavy atom. The molecule has 0 radical (unpaired) electrons. The summed E-state index contributed by atoms with van der Waals surface area (Å²) in [7, 11) is 3.22. The van der Waals surface area contributed by atoms with Crippen LogP contribution in [0.2, 0.25) is 0 Å². The number of hydrogen-bond acceptors (Lipinski definition) is 4. The maximum atomic E-state index is 12.6. The Balaban J connectivity index is 1.54. The lowest BCUT2D eigenvalue weighted by molar-refractivity contribution is 0.0682. The van der Waals surface area contributed by atoms with Crippen LogP contribution in [0.3, 0.4) is 0 Å². The van der Waals surface area contributed by atoms with Gasteiger partial charge in [0.25, 0.3) is 22.9 Å². The van der Waals surface area contributed by atoms with Gasteiger partial charge in [-0.2, -0.15) is 0 Å². The SMILES string of the molecule is Cn1cccc(C(=O)NCC2CCN(C(=O)c3cccn(C)c3=O)CC2)c1=O. The highest BCUT2D eigenvalue weighted by molar-refractivity contribution is 5.94. The van der Waals surface area contributed by atoms with Crippen LogP contribution < -0.4 is 16.4 Å². The zero-order valence-corrected chi connectivity index (χ0v) is 16.1. The molecule has 1 N–H and O–H groups in total. The number of nitrogens with zero attached hydrogens (tertiary/aromatic N) is 3. The summed E-state index contributed by atoms with van der Waals surface area (Å²) in [6.07, 6.45) is 4.68. The highest BCUT2D eigenvalue weighted by atomic mass is 16.2. The van der Waals surface area contributed by atoms with Crippen LogP contribution in [0.1, 0.15) is 33.6 Å². The highest BCUT2D eigenvalue weighted by Crippen LogP contribution is 2.18. The Labute approximate surface area is 162 Å². The molecular weight excluding hydrogens is 360 g/mol. The van der Waals surface area contributed by atoms with E-state index in [4.69, 9.17) is 0 Å². The molecule has 8 heteroatoms. The molecule has 1 aliphatic heterocycles. The smallest absolute Gasteiger partial charge is 0.263 e. The number of pyridine rings is 2. The molecule has 8 nitrogen and oxygen atoms in total. The molecule has 0 aromatic carbocycles. The summed E-state index contributed by atoms with van der Waals surface area (Å²) in [6.45, 7) is 1.51. The molecule has 0 spiro atoms. The van der Waals surface area contributed by atoms with E-state index >= 15 is 0 Å². The second kappa shape index (κ2) is 8.24. The summed E-state index contributed by atoms with van der Waals surface area (Å²) in [5.74, 6) is -0.414. The van der Waals surface area contributed by atoms with Crippen LogP contribution in [0.5, 0.6) is 0 Å². The van der Waals surface area contributed by atoms with Crippen molar-refractivity contribution in [2.45, 2.75) is 12.8 Å². The van der Waals surface area contributed by atoms with Crippen molar-refractivity contribution in [1.29, 1.82) is 0 Å². The number of carbonyl (C=O) groups is 2. The highest BCUT2D eigenvalue weighted by Gasteiger charge is 2.25. The zero-order chi connectivity index (χ0) is 20.3. The second-order valence-corrected chi connectivity index (χ2v) is 7.12. The minimum atomic E-state index is -0.382. The number of hydrogen-bond donors (Lipinski definition) is 1. The monoisotopic (exact) mass is 384 g/mol. The van der Waals surface area contributed by atoms with E-state index in [1.54, 1.807) is 49.6 Å². The van der Waals surface area contributed by atoms with E-state index in [2.05, 4.69) is 5.32 Å². The van der Waals surface area contributed by atoms with Crippen molar-refractivity contribution in [1.82, 2.24) is 19.4 Å². The van der Waals surface area contributed by atoms with E-state index in [9.17, 15) is 19.2 Å². The van der Waals surface area contributed by atoms with Gasteiger partial charge in [-0.3, -0.25) is 19.2 Å². The van der Waals surface area contributed by atoms with Gasteiger partial charge in [0, 0.05) is 46.1 Å². The Kier molecular flexibility index (Phi) is 5.77. The average molecular weight is 384 g/mol. The lowest BCUT2D eigenvalue weighted by Crippen LogP contribution is -2.43. The molecule has 148 valence electrons. The lowest BCUT2D eigenvalue weighted by atomic mass is 9.96. The number of piperidine rings is 1. The summed E-state index contributed by atoms with van der Waals surface area (Å²) in [5, 5.41) is 2.82. The number of rotatable bonds is 4. The van der Waals surface area contributed by atoms with Gasteiger partial charge in [0.1, 0.15) is 11.1 Å². The van der Waals surface area contributed by atoms with Gasteiger partial charge in [-0.15, -0.1) is 0 Å². The first-order chi connectivity index (χ1) is 13.4. The lowest BCUT2D eigenvalue weighted by Gasteiger charge is -2.32. The summed E-state index contributed by atoms with van der Waals surface area (Å²) >= 11 is 0. The standard InChI is InChI=1S/C20H24N4O4/c1-22-9-3-5-15(18(22)26)17(25)21-13-14-7-11-24(12-8-14)20(28)16-6-4-10-23(2)19(16)27/h3-6,9-10,14H,7-8,11-13H2,1-2H3,(H,21,25). The van der Waals surface area contributed by atoms with E-state index in [1.807, 2.05) is 0 Å². The third-order valence-corrected chi connectivity index (χ3v) is 5.17. The van der Waals surface area contributed by atoms with Crippen LogP contribution in [0, 0.1) is 5.92 Å². The molecule has 0 atom stereocenters. The van der Waals surface area contributed by atoms with E-state index in [1.165, 1.54) is 15.2 Å². The van der Waals surface area contributed by atoms with Gasteiger partial charge in [0.15, 0.2) is 0 Å². The van der Waals surface area contributed by atoms with E-state index in [0.29, 0.717) is 19.6 Å². The molecule has 0 bridgehead atoms. The molecule has 1 saturated heterocycles. The fraction of sp³-hybridized carbons (Fsp3) is 0.400. The minimum Gasteiger partial charge on any atom is -0.352 e. The average Bonchev–Trinajstić information content (AvgIpc) is 2.70. The fourth-order valence-electron chi connectivity index (χ4n) is 3.37. The molecule has 0 aliphatic carbocycles. The van der Waals surface area contributed by atoms with E-state index in [-0.39, 0.29) is 40.0 Å². The van der Waals surface area contributed by atoms with Gasteiger partial charge in [0.2, 0.25) is 0 Å². The largest absolute Gasteiger partial charge is 0.352 e. The third-order valence-electron chi connectivity index (χ3n) is 5.17. The molecular formula is C20H24N4O4. The van der Waals surface area contributed by atoms with Crippen LogP contribution in [0.4, 0.5) is 0 Å². The predicted molar refractivity (Wildman–Crippen MR) is 104 cm³/mol. The number of aryl methyl sites for hydroxylation is 2. The van der Waals surface area contributed by atoms with Gasteiger partial charge in [-0.05, 0) is 43.0 Å². The maximum absolute atomic E-state index is 12.6. The van der Waals surface area contributed by atoms with Gasteiger partial charge in [-0.1, -0.05) is 0 Å². The predicted octanol–water partition coefficient (Wildman–Crippen LogP) is 0.366. The van der Waals surface area contributed by atoms with Gasteiger partial charge < -0.3 is 19.4 Å². The van der Waals surface area contributed by atoms with Crippen LogP contribution in [-0.2, 0) is 14.1 Å². The van der Waals surface area contributed by atoms with Crippen molar-refractivity contribution in [3.05, 3.63) is 68.5 Å². The molecule has 2 aromatic heterocycles. The van der Waals surface area contributed by atoms with Gasteiger partial charge in [-0.25, -0.2) is 0 Å². The van der Waals surface area contributed by atoms with Gasteiger partial charge >= 0.3 is 0 Å². The Morgan fingerprint density at radius 1 is 0.964 bits per heavy atom. The first-order valence-electron chi connectivity index (χ1n) is 9.27. The van der Waals surface area contributed by atoms with Crippen molar-refractivity contribution in [2.75, 3.05) is 19.6 Å². The van der Waals surface area contributed by atoms with Crippen molar-refractivity contribution >= 4 is 11.8 Å². The molecule has 3 heterocycles. The van der Waals surface area contributed by atoms with Crippen molar-refractivity contribution in [3.8, 4) is 0 Å². The molecule has 0 unspecified atom stereocenters. The van der Waals surface area contributed by atoms with Crippen molar-refractivity contribution in [3.63, 3.8) is 0 Å². The molecule has 2 amide bonds. The summed E-state index contributed by atoms with van der Waals surface area (Å²) in [6, 6.07) is 6.41. The normalized spacial score (nSPS) is 14.7. The first kappa shape index (κ1) is 19.6. The second-order valence-electron chi connectivity index (χ2n) is 7.12. The molecule has 1 fully saturated rings. The molecule has 2 aromatic rings. The molecule has 1 aliphatic rings. The number of carbonyl (C=O) groups excluding carboxylic acids is 2. The van der Waals surface area contributed by atoms with E-state index < -0.39 is 0 Å². The minimum absolute atomic E-state index is 0.123. The van der Waals surface area contributed by atoms with Crippen molar-refractivity contribution < 1.29 is 9.59 Å². The number of likely N-dealkylation sites (tertiary alicyclic amines) is 1. The first-order valence-corrected chi connectivity index (χ1v) is 9.27. The Bertz CT molecular complexity index is 1000. The number of amides is 2. The summed E-state index contributed by atoms with van der Waals surface area (Å²) < 4.78 is 2.76. The quantitative estimate of drug-likeness (QED) is 0.824. The van der Waals surface area contributed by atoms with Crippen LogP contribution in [-0.4, -0.2) is 45.5 Å². The topological polar surface area (TPSA) is 93.4 Å². The maximum Gasteiger partial charge on any atom is 0.263 e. The van der Waals surface area contributed by atoms with Crippen LogP contribution in [0.15, 0.2) is 46.2 Å². The third kappa shape index (κ3) is 4.05. The number of nitrogens with one attached hydrogen (secondary N) is 1. The van der Waals surface area contributed by atoms with Crippen molar-refractivity contribution in [2.24, 2.45) is 20.0 Å². The summed E-state index contributed by atoms with van der Waals surface area (Å²) in [4.78, 5) is 50.7. The zero-order valence-electron chi connectivity index (χ0n) is 16.1. The van der Waals surface area contributed by atoms with Crippen LogP contribution in [0.25, 0.3) is 0 Å². The Morgan fingerprint density at radius 2 is 1.50 bits per heavy atom. The van der Waals surface area contributed by atoms with Crippen LogP contribution >= 0.6 is 0 Å². The van der Waals surface area contributed by atoms with Gasteiger partial charge in [0.05, 0.1) is 0 Å². The Hall–Kier alpha value is -3.16. The molecule has 3 rings (SSSR count).